The summed E-state index contributed by atoms with van der Waals surface area (Å²) < 4.78 is 5.37. The largest absolute Gasteiger partial charge is 0.508 e. The number of hydrogen-bond acceptors (Lipinski definition) is 7. The molecule has 1 saturated heterocycles. The fourth-order valence-corrected chi connectivity index (χ4v) is 3.53. The highest BCUT2D eigenvalue weighted by molar-refractivity contribution is 8.26. The Hall–Kier alpha value is -3.11. The number of rotatable bonds is 5. The maximum Gasteiger partial charge on any atom is 0.337 e. The third-order valence-electron chi connectivity index (χ3n) is 3.50. The number of benzene rings is 1. The molecule has 1 aliphatic heterocycles. The van der Waals surface area contributed by atoms with Crippen molar-refractivity contribution in [2.24, 2.45) is 0 Å². The molecule has 2 heterocycles. The zero-order valence-electron chi connectivity index (χ0n) is 13.5. The van der Waals surface area contributed by atoms with Crippen LogP contribution in [0.15, 0.2) is 45.9 Å². The van der Waals surface area contributed by atoms with Gasteiger partial charge in [0.2, 0.25) is 5.91 Å². The smallest absolute Gasteiger partial charge is 0.337 e. The van der Waals surface area contributed by atoms with Crippen LogP contribution in [0.3, 0.4) is 0 Å². The number of phenols is 1. The third kappa shape index (κ3) is 4.18. The van der Waals surface area contributed by atoms with Crippen LogP contribution < -0.4 is 5.32 Å². The van der Waals surface area contributed by atoms with E-state index in [9.17, 15) is 19.5 Å². The summed E-state index contributed by atoms with van der Waals surface area (Å²) in [4.78, 5) is 37.4. The Kier molecular flexibility index (Phi) is 5.28. The van der Waals surface area contributed by atoms with Crippen LogP contribution in [0.2, 0.25) is 0 Å². The van der Waals surface area contributed by atoms with E-state index in [0.717, 1.165) is 22.7 Å². The Bertz CT molecular complexity index is 968. The molecule has 8 nitrogen and oxygen atoms in total. The standard InChI is InChI=1S/C17H12N2O6S2/c20-9-3-4-12(11(6-9)16(23)24)18-14(21)8-19-15(22)13(27-17(19)26)7-10-2-1-5-25-10/h1-7,20H,8H2,(H,18,21)(H,23,24)/b13-7-. The number of carboxylic acid groups (broad SMARTS) is 1. The Labute approximate surface area is 162 Å². The van der Waals surface area contributed by atoms with Gasteiger partial charge in [-0.25, -0.2) is 4.79 Å². The normalized spacial score (nSPS) is 15.4. The van der Waals surface area contributed by atoms with Gasteiger partial charge in [-0.05, 0) is 30.3 Å². The number of phenolic OH excluding ortho intramolecular Hbond substituents is 1. The van der Waals surface area contributed by atoms with Gasteiger partial charge in [0.15, 0.2) is 0 Å². The van der Waals surface area contributed by atoms with Crippen molar-refractivity contribution in [3.8, 4) is 5.75 Å². The summed E-state index contributed by atoms with van der Waals surface area (Å²) in [5.74, 6) is -2.15. The van der Waals surface area contributed by atoms with Crippen LogP contribution in [0.5, 0.6) is 5.75 Å². The first-order valence-corrected chi connectivity index (χ1v) is 8.72. The minimum Gasteiger partial charge on any atom is -0.508 e. The summed E-state index contributed by atoms with van der Waals surface area (Å²) in [6, 6.07) is 6.88. The van der Waals surface area contributed by atoms with Crippen LogP contribution in [-0.4, -0.2) is 43.8 Å². The number of carbonyl (C=O) groups is 3. The lowest BCUT2D eigenvalue weighted by Crippen LogP contribution is -2.36. The number of carbonyl (C=O) groups excluding carboxylic acids is 2. The molecule has 1 fully saturated rings. The van der Waals surface area contributed by atoms with E-state index in [1.165, 1.54) is 24.5 Å². The van der Waals surface area contributed by atoms with Crippen molar-refractivity contribution in [1.29, 1.82) is 0 Å². The van der Waals surface area contributed by atoms with Gasteiger partial charge in [-0.15, -0.1) is 0 Å². The second-order valence-electron chi connectivity index (χ2n) is 5.37. The predicted molar refractivity (Wildman–Crippen MR) is 102 cm³/mol. The molecule has 0 radical (unpaired) electrons. The topological polar surface area (TPSA) is 120 Å². The average molecular weight is 404 g/mol. The average Bonchev–Trinajstić information content (AvgIpc) is 3.21. The SMILES string of the molecule is O=C(CN1C(=O)/C(=C/c2ccco2)SC1=S)Nc1ccc(O)cc1C(=O)O. The molecule has 3 rings (SSSR count). The van der Waals surface area contributed by atoms with Crippen LogP contribution in [-0.2, 0) is 9.59 Å². The summed E-state index contributed by atoms with van der Waals surface area (Å²) in [5, 5.41) is 21.0. The van der Waals surface area contributed by atoms with Gasteiger partial charge in [0.1, 0.15) is 22.4 Å². The van der Waals surface area contributed by atoms with Crippen molar-refractivity contribution in [1.82, 2.24) is 4.90 Å². The van der Waals surface area contributed by atoms with Gasteiger partial charge >= 0.3 is 5.97 Å². The molecule has 1 aromatic heterocycles. The van der Waals surface area contributed by atoms with E-state index in [1.807, 2.05) is 0 Å². The van der Waals surface area contributed by atoms with Crippen LogP contribution >= 0.6 is 24.0 Å². The fraction of sp³-hybridized carbons (Fsp3) is 0.0588. The van der Waals surface area contributed by atoms with Gasteiger partial charge in [0.05, 0.1) is 22.4 Å². The van der Waals surface area contributed by atoms with Crippen LogP contribution in [0.25, 0.3) is 6.08 Å². The number of hydrogen-bond donors (Lipinski definition) is 3. The Morgan fingerprint density at radius 3 is 2.78 bits per heavy atom. The molecule has 3 N–H and O–H groups in total. The molecule has 1 aliphatic rings. The van der Waals surface area contributed by atoms with Gasteiger partial charge in [-0.1, -0.05) is 24.0 Å². The second kappa shape index (κ2) is 7.64. The first-order chi connectivity index (χ1) is 12.8. The summed E-state index contributed by atoms with van der Waals surface area (Å²) in [7, 11) is 0. The number of aromatic hydroxyl groups is 1. The van der Waals surface area contributed by atoms with Gasteiger partial charge in [0, 0.05) is 6.08 Å². The maximum absolute atomic E-state index is 12.5. The summed E-state index contributed by atoms with van der Waals surface area (Å²) in [6.07, 6.45) is 3.00. The van der Waals surface area contributed by atoms with Crippen molar-refractivity contribution in [3.63, 3.8) is 0 Å². The molecule has 2 amide bonds. The lowest BCUT2D eigenvalue weighted by atomic mass is 10.1. The molecule has 138 valence electrons. The highest BCUT2D eigenvalue weighted by atomic mass is 32.2. The number of nitrogens with one attached hydrogen (secondary N) is 1. The van der Waals surface area contributed by atoms with Crippen molar-refractivity contribution >= 4 is 57.8 Å². The summed E-state index contributed by atoms with van der Waals surface area (Å²) in [6.45, 7) is -0.375. The molecule has 0 atom stereocenters. The molecule has 0 unspecified atom stereocenters. The number of carboxylic acids is 1. The molecule has 0 bridgehead atoms. The summed E-state index contributed by atoms with van der Waals surface area (Å²) >= 11 is 6.19. The van der Waals surface area contributed by atoms with E-state index < -0.39 is 17.8 Å². The number of thiocarbonyl (C=S) groups is 1. The van der Waals surface area contributed by atoms with Crippen molar-refractivity contribution in [2.45, 2.75) is 0 Å². The molecule has 1 aromatic carbocycles. The number of furan rings is 1. The van der Waals surface area contributed by atoms with E-state index in [2.05, 4.69) is 5.32 Å². The van der Waals surface area contributed by atoms with Crippen LogP contribution in [0.1, 0.15) is 16.1 Å². The second-order valence-corrected chi connectivity index (χ2v) is 7.04. The third-order valence-corrected chi connectivity index (χ3v) is 4.88. The van der Waals surface area contributed by atoms with Crippen molar-refractivity contribution in [2.75, 3.05) is 11.9 Å². The van der Waals surface area contributed by atoms with E-state index in [0.29, 0.717) is 10.7 Å². The molecular weight excluding hydrogens is 392 g/mol. The number of amides is 2. The fourth-order valence-electron chi connectivity index (χ4n) is 2.29. The number of anilines is 1. The first kappa shape index (κ1) is 18.7. The van der Waals surface area contributed by atoms with E-state index in [4.69, 9.17) is 21.7 Å². The van der Waals surface area contributed by atoms with Gasteiger partial charge in [-0.3, -0.25) is 14.5 Å². The maximum atomic E-state index is 12.5. The molecule has 2 aromatic rings. The molecule has 0 aliphatic carbocycles. The number of aromatic carboxylic acids is 1. The lowest BCUT2D eigenvalue weighted by Gasteiger charge is -2.15. The molecule has 10 heteroatoms. The van der Waals surface area contributed by atoms with Crippen LogP contribution in [0.4, 0.5) is 5.69 Å². The Morgan fingerprint density at radius 1 is 1.33 bits per heavy atom. The molecular formula is C17H12N2O6S2. The first-order valence-electron chi connectivity index (χ1n) is 7.50. The van der Waals surface area contributed by atoms with E-state index in [-0.39, 0.29) is 27.9 Å². The zero-order valence-corrected chi connectivity index (χ0v) is 15.2. The lowest BCUT2D eigenvalue weighted by molar-refractivity contribution is -0.126. The van der Waals surface area contributed by atoms with Crippen LogP contribution in [0, 0.1) is 0 Å². The van der Waals surface area contributed by atoms with Crippen molar-refractivity contribution < 1.29 is 29.0 Å². The van der Waals surface area contributed by atoms with Crippen molar-refractivity contribution in [3.05, 3.63) is 52.8 Å². The zero-order chi connectivity index (χ0) is 19.6. The quantitative estimate of drug-likeness (QED) is 0.395. The highest BCUT2D eigenvalue weighted by Gasteiger charge is 2.33. The molecule has 0 saturated carbocycles. The minimum atomic E-state index is -1.31. The Balaban J connectivity index is 1.72. The predicted octanol–water partition coefficient (Wildman–Crippen LogP) is 2.52. The number of nitrogens with zero attached hydrogens (tertiary/aromatic N) is 1. The molecule has 27 heavy (non-hydrogen) atoms. The van der Waals surface area contributed by atoms with Gasteiger partial charge < -0.3 is 19.9 Å². The summed E-state index contributed by atoms with van der Waals surface area (Å²) in [5.41, 5.74) is -0.270. The highest BCUT2D eigenvalue weighted by Crippen LogP contribution is 2.32. The monoisotopic (exact) mass is 404 g/mol. The number of thioether (sulfide) groups is 1. The van der Waals surface area contributed by atoms with E-state index in [1.54, 1.807) is 12.1 Å². The van der Waals surface area contributed by atoms with Gasteiger partial charge in [0.25, 0.3) is 5.91 Å². The minimum absolute atomic E-state index is 0.00173. The molecule has 0 spiro atoms. The van der Waals surface area contributed by atoms with E-state index >= 15 is 0 Å². The van der Waals surface area contributed by atoms with Gasteiger partial charge in [-0.2, -0.15) is 0 Å². The Morgan fingerprint density at radius 2 is 2.11 bits per heavy atom.